The third-order valence-corrected chi connectivity index (χ3v) is 3.33. The highest BCUT2D eigenvalue weighted by Gasteiger charge is 2.15. The van der Waals surface area contributed by atoms with Gasteiger partial charge in [0.1, 0.15) is 0 Å². The van der Waals surface area contributed by atoms with Gasteiger partial charge < -0.3 is 15.4 Å². The van der Waals surface area contributed by atoms with Gasteiger partial charge in [-0.3, -0.25) is 0 Å². The first-order valence-corrected chi connectivity index (χ1v) is 6.32. The van der Waals surface area contributed by atoms with Crippen LogP contribution >= 0.6 is 0 Å². The van der Waals surface area contributed by atoms with Crippen LogP contribution in [0.3, 0.4) is 0 Å². The van der Waals surface area contributed by atoms with Crippen molar-refractivity contribution in [1.82, 2.24) is 4.90 Å². The monoisotopic (exact) mass is 230 g/mol. The first-order valence-electron chi connectivity index (χ1n) is 6.32. The highest BCUT2D eigenvalue weighted by molar-refractivity contribution is 4.70. The summed E-state index contributed by atoms with van der Waals surface area (Å²) in [5.74, 6) is 0. The second-order valence-corrected chi connectivity index (χ2v) is 5.61. The fraction of sp³-hybridized carbons (Fsp3) is 1.00. The third kappa shape index (κ3) is 7.20. The van der Waals surface area contributed by atoms with Gasteiger partial charge in [-0.25, -0.2) is 0 Å². The van der Waals surface area contributed by atoms with Gasteiger partial charge in [0.25, 0.3) is 0 Å². The molecule has 0 amide bonds. The van der Waals surface area contributed by atoms with E-state index in [4.69, 9.17) is 10.5 Å². The SMILES string of the molecule is COCC(C)N(C)CCCCC(C)(C)CN. The van der Waals surface area contributed by atoms with Gasteiger partial charge in [0.05, 0.1) is 6.61 Å². The molecular weight excluding hydrogens is 200 g/mol. The molecule has 0 radical (unpaired) electrons. The normalized spacial score (nSPS) is 14.4. The number of hydrogen-bond acceptors (Lipinski definition) is 3. The maximum atomic E-state index is 5.71. The second-order valence-electron chi connectivity index (χ2n) is 5.61. The molecule has 0 aliphatic carbocycles. The largest absolute Gasteiger partial charge is 0.383 e. The van der Waals surface area contributed by atoms with Gasteiger partial charge in [-0.1, -0.05) is 20.3 Å². The van der Waals surface area contributed by atoms with Crippen LogP contribution in [0.2, 0.25) is 0 Å². The number of likely N-dealkylation sites (N-methyl/N-ethyl adjacent to an activating group) is 1. The molecule has 98 valence electrons. The Labute approximate surface area is 101 Å². The van der Waals surface area contributed by atoms with E-state index in [0.29, 0.717) is 11.5 Å². The highest BCUT2D eigenvalue weighted by atomic mass is 16.5. The maximum Gasteiger partial charge on any atom is 0.0615 e. The summed E-state index contributed by atoms with van der Waals surface area (Å²) in [6.45, 7) is 9.42. The summed E-state index contributed by atoms with van der Waals surface area (Å²) in [4.78, 5) is 2.36. The third-order valence-electron chi connectivity index (χ3n) is 3.33. The average Bonchev–Trinajstić information content (AvgIpc) is 2.24. The zero-order valence-electron chi connectivity index (χ0n) is 11.8. The summed E-state index contributed by atoms with van der Waals surface area (Å²) in [7, 11) is 3.92. The minimum absolute atomic E-state index is 0.302. The summed E-state index contributed by atoms with van der Waals surface area (Å²) in [5.41, 5.74) is 6.01. The Balaban J connectivity index is 3.58. The van der Waals surface area contributed by atoms with Crippen LogP contribution in [0.25, 0.3) is 0 Å². The van der Waals surface area contributed by atoms with Gasteiger partial charge in [-0.2, -0.15) is 0 Å². The average molecular weight is 230 g/mol. The number of ether oxygens (including phenoxy) is 1. The van der Waals surface area contributed by atoms with Crippen molar-refractivity contribution < 1.29 is 4.74 Å². The number of nitrogens with two attached hydrogens (primary N) is 1. The van der Waals surface area contributed by atoms with Gasteiger partial charge in [0.2, 0.25) is 0 Å². The van der Waals surface area contributed by atoms with E-state index in [9.17, 15) is 0 Å². The highest BCUT2D eigenvalue weighted by Crippen LogP contribution is 2.21. The number of nitrogens with zero attached hydrogens (tertiary/aromatic N) is 1. The zero-order chi connectivity index (χ0) is 12.6. The minimum Gasteiger partial charge on any atom is -0.383 e. The predicted molar refractivity (Wildman–Crippen MR) is 70.7 cm³/mol. The molecule has 1 atom stereocenters. The molecule has 0 saturated carbocycles. The van der Waals surface area contributed by atoms with Crippen molar-refractivity contribution in [3.8, 4) is 0 Å². The van der Waals surface area contributed by atoms with Crippen molar-refractivity contribution in [2.24, 2.45) is 11.1 Å². The summed E-state index contributed by atoms with van der Waals surface area (Å²) in [6.07, 6.45) is 3.72. The molecule has 0 aromatic carbocycles. The fourth-order valence-electron chi connectivity index (χ4n) is 1.66. The molecule has 2 N–H and O–H groups in total. The van der Waals surface area contributed by atoms with Crippen LogP contribution in [0.15, 0.2) is 0 Å². The van der Waals surface area contributed by atoms with Crippen LogP contribution in [-0.4, -0.2) is 44.8 Å². The molecule has 0 bridgehead atoms. The van der Waals surface area contributed by atoms with Crippen molar-refractivity contribution in [3.63, 3.8) is 0 Å². The molecule has 0 aliphatic rings. The summed E-state index contributed by atoms with van der Waals surface area (Å²) in [5, 5.41) is 0. The van der Waals surface area contributed by atoms with Crippen molar-refractivity contribution in [1.29, 1.82) is 0 Å². The van der Waals surface area contributed by atoms with Gasteiger partial charge in [0.15, 0.2) is 0 Å². The Kier molecular flexibility index (Phi) is 7.98. The van der Waals surface area contributed by atoms with E-state index in [1.54, 1.807) is 7.11 Å². The standard InChI is InChI=1S/C13H30N2O/c1-12(10-16-5)15(4)9-7-6-8-13(2,3)11-14/h12H,6-11,14H2,1-5H3. The van der Waals surface area contributed by atoms with E-state index in [1.165, 1.54) is 19.3 Å². The molecule has 1 unspecified atom stereocenters. The van der Waals surface area contributed by atoms with E-state index in [0.717, 1.165) is 19.7 Å². The Morgan fingerprint density at radius 3 is 2.44 bits per heavy atom. The second kappa shape index (κ2) is 8.04. The lowest BCUT2D eigenvalue weighted by atomic mass is 9.87. The first-order chi connectivity index (χ1) is 7.43. The molecular formula is C13H30N2O. The summed E-state index contributed by atoms with van der Waals surface area (Å²) >= 11 is 0. The van der Waals surface area contributed by atoms with Gasteiger partial charge in [-0.05, 0) is 45.3 Å². The number of rotatable bonds is 9. The van der Waals surface area contributed by atoms with Crippen molar-refractivity contribution in [2.75, 3.05) is 33.9 Å². The van der Waals surface area contributed by atoms with E-state index in [1.807, 2.05) is 0 Å². The van der Waals surface area contributed by atoms with E-state index >= 15 is 0 Å². The quantitative estimate of drug-likeness (QED) is 0.617. The number of methoxy groups -OCH3 is 1. The number of hydrogen-bond donors (Lipinski definition) is 1. The van der Waals surface area contributed by atoms with Crippen molar-refractivity contribution in [2.45, 2.75) is 46.1 Å². The van der Waals surface area contributed by atoms with Crippen molar-refractivity contribution >= 4 is 0 Å². The molecule has 0 spiro atoms. The summed E-state index contributed by atoms with van der Waals surface area (Å²) in [6, 6.07) is 0.507. The predicted octanol–water partition coefficient (Wildman–Crippen LogP) is 2.11. The Morgan fingerprint density at radius 2 is 1.94 bits per heavy atom. The lowest BCUT2D eigenvalue weighted by Crippen LogP contribution is -2.33. The Bertz CT molecular complexity index is 171. The van der Waals surface area contributed by atoms with Crippen LogP contribution in [-0.2, 0) is 4.74 Å². The number of unbranched alkanes of at least 4 members (excludes halogenated alkanes) is 1. The topological polar surface area (TPSA) is 38.5 Å². The minimum atomic E-state index is 0.302. The van der Waals surface area contributed by atoms with Gasteiger partial charge in [0, 0.05) is 13.2 Å². The molecule has 3 heteroatoms. The first kappa shape index (κ1) is 15.9. The molecule has 0 rings (SSSR count). The molecule has 0 aromatic rings. The van der Waals surface area contributed by atoms with Crippen LogP contribution < -0.4 is 5.73 Å². The molecule has 0 saturated heterocycles. The van der Waals surface area contributed by atoms with Gasteiger partial charge >= 0.3 is 0 Å². The van der Waals surface area contributed by atoms with Crippen LogP contribution in [0, 0.1) is 5.41 Å². The molecule has 0 aromatic heterocycles. The smallest absolute Gasteiger partial charge is 0.0615 e. The molecule has 0 heterocycles. The van der Waals surface area contributed by atoms with Crippen LogP contribution in [0.5, 0.6) is 0 Å². The van der Waals surface area contributed by atoms with E-state index in [2.05, 4.69) is 32.7 Å². The van der Waals surface area contributed by atoms with E-state index in [-0.39, 0.29) is 0 Å². The Morgan fingerprint density at radius 1 is 1.31 bits per heavy atom. The molecule has 16 heavy (non-hydrogen) atoms. The lowest BCUT2D eigenvalue weighted by Gasteiger charge is -2.25. The molecule has 3 nitrogen and oxygen atoms in total. The fourth-order valence-corrected chi connectivity index (χ4v) is 1.66. The van der Waals surface area contributed by atoms with Crippen LogP contribution in [0.1, 0.15) is 40.0 Å². The lowest BCUT2D eigenvalue weighted by molar-refractivity contribution is 0.114. The maximum absolute atomic E-state index is 5.71. The molecule has 0 fully saturated rings. The summed E-state index contributed by atoms with van der Waals surface area (Å²) < 4.78 is 5.14. The molecule has 0 aliphatic heterocycles. The van der Waals surface area contributed by atoms with Crippen LogP contribution in [0.4, 0.5) is 0 Å². The van der Waals surface area contributed by atoms with Crippen molar-refractivity contribution in [3.05, 3.63) is 0 Å². The van der Waals surface area contributed by atoms with E-state index < -0.39 is 0 Å². The van der Waals surface area contributed by atoms with Gasteiger partial charge in [-0.15, -0.1) is 0 Å². The Hall–Kier alpha value is -0.120. The zero-order valence-corrected chi connectivity index (χ0v) is 11.8.